The highest BCUT2D eigenvalue weighted by Crippen LogP contribution is 2.38. The number of aliphatic hydroxyl groups is 1. The fraction of sp³-hybridized carbons (Fsp3) is 0.929. The first-order valence-electron chi connectivity index (χ1n) is 6.95. The van der Waals surface area contributed by atoms with Gasteiger partial charge in [0.2, 0.25) is 5.91 Å². The van der Waals surface area contributed by atoms with E-state index in [1.807, 2.05) is 11.9 Å². The van der Waals surface area contributed by atoms with Crippen LogP contribution in [0.25, 0.3) is 0 Å². The second-order valence-corrected chi connectivity index (χ2v) is 6.30. The molecule has 0 unspecified atom stereocenters. The summed E-state index contributed by atoms with van der Waals surface area (Å²) in [6.07, 6.45) is 7.38. The van der Waals surface area contributed by atoms with Crippen molar-refractivity contribution in [1.29, 1.82) is 0 Å². The minimum atomic E-state index is -0.117. The monoisotopic (exact) mass is 239 g/mol. The van der Waals surface area contributed by atoms with E-state index in [1.54, 1.807) is 0 Å². The molecule has 0 atom stereocenters. The van der Waals surface area contributed by atoms with E-state index in [9.17, 15) is 9.90 Å². The molecular formula is C14H25NO2. The first-order valence-corrected chi connectivity index (χ1v) is 6.95. The molecule has 17 heavy (non-hydrogen) atoms. The average Bonchev–Trinajstić information content (AvgIpc) is 2.27. The van der Waals surface area contributed by atoms with Gasteiger partial charge in [0, 0.05) is 19.0 Å². The number of carbonyl (C=O) groups is 1. The third-order valence-electron chi connectivity index (χ3n) is 4.56. The molecule has 2 saturated carbocycles. The number of rotatable bonds is 3. The molecule has 1 amide bonds. The second-order valence-electron chi connectivity index (χ2n) is 6.30. The maximum atomic E-state index is 12.4. The van der Waals surface area contributed by atoms with Gasteiger partial charge < -0.3 is 10.0 Å². The number of amides is 1. The van der Waals surface area contributed by atoms with Crippen molar-refractivity contribution in [1.82, 2.24) is 4.90 Å². The third kappa shape index (κ3) is 2.82. The van der Waals surface area contributed by atoms with Crippen molar-refractivity contribution >= 4 is 5.91 Å². The number of carbonyl (C=O) groups excluding carboxylic acids is 1. The van der Waals surface area contributed by atoms with Gasteiger partial charge in [-0.2, -0.15) is 0 Å². The molecule has 0 radical (unpaired) electrons. The van der Waals surface area contributed by atoms with Crippen LogP contribution < -0.4 is 0 Å². The Balaban J connectivity index is 1.85. The molecule has 2 aliphatic rings. The Morgan fingerprint density at radius 3 is 2.41 bits per heavy atom. The van der Waals surface area contributed by atoms with E-state index >= 15 is 0 Å². The molecule has 0 heterocycles. The molecule has 98 valence electrons. The van der Waals surface area contributed by atoms with Gasteiger partial charge in [-0.15, -0.1) is 0 Å². The van der Waals surface area contributed by atoms with Gasteiger partial charge >= 0.3 is 0 Å². The van der Waals surface area contributed by atoms with E-state index in [-0.39, 0.29) is 11.5 Å². The predicted molar refractivity (Wildman–Crippen MR) is 67.6 cm³/mol. The highest BCUT2D eigenvalue weighted by molar-refractivity contribution is 5.82. The number of aliphatic hydroxyl groups excluding tert-OH is 1. The van der Waals surface area contributed by atoms with E-state index < -0.39 is 0 Å². The average molecular weight is 239 g/mol. The Morgan fingerprint density at radius 1 is 1.29 bits per heavy atom. The van der Waals surface area contributed by atoms with Crippen molar-refractivity contribution in [3.63, 3.8) is 0 Å². The molecule has 1 N–H and O–H groups in total. The minimum Gasteiger partial charge on any atom is -0.393 e. The van der Waals surface area contributed by atoms with Crippen molar-refractivity contribution in [2.75, 3.05) is 13.6 Å². The predicted octanol–water partition coefficient (Wildman–Crippen LogP) is 2.19. The molecule has 0 saturated heterocycles. The van der Waals surface area contributed by atoms with Crippen molar-refractivity contribution in [3.8, 4) is 0 Å². The maximum absolute atomic E-state index is 12.4. The zero-order valence-electron chi connectivity index (χ0n) is 11.1. The molecule has 0 aromatic heterocycles. The largest absolute Gasteiger partial charge is 0.393 e. The molecule has 2 rings (SSSR count). The van der Waals surface area contributed by atoms with Crippen molar-refractivity contribution < 1.29 is 9.90 Å². The first kappa shape index (κ1) is 12.9. The van der Waals surface area contributed by atoms with Gasteiger partial charge in [0.25, 0.3) is 0 Å². The van der Waals surface area contributed by atoms with Gasteiger partial charge in [-0.05, 0) is 31.6 Å². The Morgan fingerprint density at radius 2 is 1.88 bits per heavy atom. The lowest BCUT2D eigenvalue weighted by Gasteiger charge is -2.39. The molecule has 0 spiro atoms. The summed E-state index contributed by atoms with van der Waals surface area (Å²) in [5, 5.41) is 9.27. The molecule has 0 aromatic rings. The van der Waals surface area contributed by atoms with Gasteiger partial charge in [-0.25, -0.2) is 0 Å². The smallest absolute Gasteiger partial charge is 0.228 e. The van der Waals surface area contributed by atoms with Crippen LogP contribution >= 0.6 is 0 Å². The summed E-state index contributed by atoms with van der Waals surface area (Å²) in [4.78, 5) is 14.3. The van der Waals surface area contributed by atoms with Crippen molar-refractivity contribution in [3.05, 3.63) is 0 Å². The zero-order valence-corrected chi connectivity index (χ0v) is 11.1. The third-order valence-corrected chi connectivity index (χ3v) is 4.56. The Labute approximate surface area is 104 Å². The van der Waals surface area contributed by atoms with Crippen molar-refractivity contribution in [2.24, 2.45) is 11.3 Å². The van der Waals surface area contributed by atoms with Crippen LogP contribution in [0, 0.1) is 11.3 Å². The van der Waals surface area contributed by atoms with Gasteiger partial charge in [0.1, 0.15) is 0 Å². The Bertz CT molecular complexity index is 278. The Kier molecular flexibility index (Phi) is 3.76. The second kappa shape index (κ2) is 4.97. The minimum absolute atomic E-state index is 0.116. The normalized spacial score (nSPS) is 31.7. The molecule has 2 aliphatic carbocycles. The molecule has 0 bridgehead atoms. The van der Waals surface area contributed by atoms with Crippen LogP contribution in [0.4, 0.5) is 0 Å². The molecule has 2 fully saturated rings. The SMILES string of the molecule is CN(CC1CC(O)C1)C(=O)C1(C)CCCCC1. The maximum Gasteiger partial charge on any atom is 0.228 e. The van der Waals surface area contributed by atoms with E-state index in [0.29, 0.717) is 11.8 Å². The summed E-state index contributed by atoms with van der Waals surface area (Å²) >= 11 is 0. The summed E-state index contributed by atoms with van der Waals surface area (Å²) in [6, 6.07) is 0. The van der Waals surface area contributed by atoms with E-state index in [1.165, 1.54) is 19.3 Å². The van der Waals surface area contributed by atoms with Crippen LogP contribution in [0.1, 0.15) is 51.9 Å². The summed E-state index contributed by atoms with van der Waals surface area (Å²) in [5.41, 5.74) is -0.116. The number of nitrogens with zero attached hydrogens (tertiary/aromatic N) is 1. The molecular weight excluding hydrogens is 214 g/mol. The lowest BCUT2D eigenvalue weighted by Crippen LogP contribution is -2.45. The topological polar surface area (TPSA) is 40.5 Å². The zero-order chi connectivity index (χ0) is 12.5. The quantitative estimate of drug-likeness (QED) is 0.820. The number of hydrogen-bond acceptors (Lipinski definition) is 2. The van der Waals surface area contributed by atoms with Crippen LogP contribution in [-0.4, -0.2) is 35.6 Å². The van der Waals surface area contributed by atoms with E-state index in [2.05, 4.69) is 6.92 Å². The van der Waals surface area contributed by atoms with Crippen LogP contribution in [0.5, 0.6) is 0 Å². The number of hydrogen-bond donors (Lipinski definition) is 1. The molecule has 0 aromatic carbocycles. The van der Waals surface area contributed by atoms with Crippen LogP contribution in [0.2, 0.25) is 0 Å². The first-order chi connectivity index (χ1) is 8.01. The fourth-order valence-electron chi connectivity index (χ4n) is 3.33. The lowest BCUT2D eigenvalue weighted by atomic mass is 9.74. The van der Waals surface area contributed by atoms with Gasteiger partial charge in [-0.1, -0.05) is 26.2 Å². The molecule has 3 heteroatoms. The summed E-state index contributed by atoms with van der Waals surface area (Å²) in [6.45, 7) is 2.95. The standard InChI is InChI=1S/C14H25NO2/c1-14(6-4-3-5-7-14)13(17)15(2)10-11-8-12(16)9-11/h11-12,16H,3-10H2,1-2H3. The van der Waals surface area contributed by atoms with Gasteiger partial charge in [-0.3, -0.25) is 4.79 Å². The highest BCUT2D eigenvalue weighted by Gasteiger charge is 2.38. The van der Waals surface area contributed by atoms with Crippen LogP contribution in [0.3, 0.4) is 0 Å². The van der Waals surface area contributed by atoms with Crippen molar-refractivity contribution in [2.45, 2.75) is 58.0 Å². The van der Waals surface area contributed by atoms with Crippen LogP contribution in [0.15, 0.2) is 0 Å². The Hall–Kier alpha value is -0.570. The molecule has 0 aliphatic heterocycles. The van der Waals surface area contributed by atoms with Gasteiger partial charge in [0.05, 0.1) is 6.10 Å². The summed E-state index contributed by atoms with van der Waals surface area (Å²) < 4.78 is 0. The lowest BCUT2D eigenvalue weighted by molar-refractivity contribution is -0.143. The fourth-order valence-corrected chi connectivity index (χ4v) is 3.33. The van der Waals surface area contributed by atoms with Gasteiger partial charge in [0.15, 0.2) is 0 Å². The summed E-state index contributed by atoms with van der Waals surface area (Å²) in [5.74, 6) is 0.838. The summed E-state index contributed by atoms with van der Waals surface area (Å²) in [7, 11) is 1.92. The highest BCUT2D eigenvalue weighted by atomic mass is 16.3. The van der Waals surface area contributed by atoms with E-state index in [0.717, 1.165) is 32.2 Å². The van der Waals surface area contributed by atoms with Crippen LogP contribution in [-0.2, 0) is 4.79 Å². The molecule has 3 nitrogen and oxygen atoms in total. The van der Waals surface area contributed by atoms with E-state index in [4.69, 9.17) is 0 Å².